The molecule has 2 aromatic carbocycles. The molecule has 0 fully saturated rings. The van der Waals surface area contributed by atoms with E-state index in [9.17, 15) is 4.79 Å². The quantitative estimate of drug-likeness (QED) is 0.729. The first-order valence-corrected chi connectivity index (χ1v) is 8.55. The zero-order valence-corrected chi connectivity index (χ0v) is 15.1. The van der Waals surface area contributed by atoms with Gasteiger partial charge >= 0.3 is 0 Å². The van der Waals surface area contributed by atoms with Gasteiger partial charge < -0.3 is 9.88 Å². The van der Waals surface area contributed by atoms with Crippen molar-refractivity contribution >= 4 is 29.1 Å². The third-order valence-electron chi connectivity index (χ3n) is 3.93. The van der Waals surface area contributed by atoms with Crippen molar-refractivity contribution in [1.82, 2.24) is 14.9 Å². The predicted molar refractivity (Wildman–Crippen MR) is 99.8 cm³/mol. The lowest BCUT2D eigenvalue weighted by molar-refractivity contribution is -0.121. The van der Waals surface area contributed by atoms with E-state index in [2.05, 4.69) is 10.3 Å². The molecule has 0 saturated carbocycles. The molecule has 6 heteroatoms. The van der Waals surface area contributed by atoms with Crippen LogP contribution in [0.2, 0.25) is 10.0 Å². The van der Waals surface area contributed by atoms with Crippen LogP contribution >= 0.6 is 23.2 Å². The van der Waals surface area contributed by atoms with Crippen molar-refractivity contribution in [2.24, 2.45) is 7.05 Å². The maximum Gasteiger partial charge on any atom is 0.225 e. The highest BCUT2D eigenvalue weighted by atomic mass is 35.5. The van der Waals surface area contributed by atoms with Crippen LogP contribution in [0, 0.1) is 0 Å². The lowest BCUT2D eigenvalue weighted by Gasteiger charge is -2.19. The van der Waals surface area contributed by atoms with E-state index >= 15 is 0 Å². The van der Waals surface area contributed by atoms with Gasteiger partial charge in [-0.2, -0.15) is 0 Å². The van der Waals surface area contributed by atoms with E-state index < -0.39 is 0 Å². The van der Waals surface area contributed by atoms with Crippen molar-refractivity contribution in [2.75, 3.05) is 0 Å². The molecule has 1 N–H and O–H groups in total. The number of carbonyl (C=O) groups is 1. The summed E-state index contributed by atoms with van der Waals surface area (Å²) in [6.07, 6.45) is 3.76. The average Bonchev–Trinajstić information content (AvgIpc) is 3.01. The zero-order chi connectivity index (χ0) is 17.8. The molecule has 3 aromatic rings. The first-order valence-electron chi connectivity index (χ1n) is 7.80. The number of aryl methyl sites for hydroxylation is 1. The van der Waals surface area contributed by atoms with Gasteiger partial charge in [-0.05, 0) is 29.3 Å². The number of carbonyl (C=O) groups excluding carboxylic acids is 1. The molecule has 0 aliphatic rings. The SMILES string of the molecule is Cn1ccnc1C(NC(=O)Cc1ccccc1Cl)c1ccc(Cl)cc1. The smallest absolute Gasteiger partial charge is 0.225 e. The molecule has 25 heavy (non-hydrogen) atoms. The molecular weight excluding hydrogens is 357 g/mol. The Labute approximate surface area is 156 Å². The van der Waals surface area contributed by atoms with Crippen molar-refractivity contribution in [1.29, 1.82) is 0 Å². The van der Waals surface area contributed by atoms with Gasteiger partial charge in [0, 0.05) is 29.5 Å². The molecule has 0 spiro atoms. The molecule has 128 valence electrons. The number of amides is 1. The van der Waals surface area contributed by atoms with Gasteiger partial charge in [-0.1, -0.05) is 53.5 Å². The lowest BCUT2D eigenvalue weighted by Crippen LogP contribution is -2.32. The summed E-state index contributed by atoms with van der Waals surface area (Å²) in [4.78, 5) is 17.0. The fourth-order valence-electron chi connectivity index (χ4n) is 2.63. The molecule has 1 aromatic heterocycles. The average molecular weight is 374 g/mol. The fraction of sp³-hybridized carbons (Fsp3) is 0.158. The van der Waals surface area contributed by atoms with E-state index in [0.29, 0.717) is 10.0 Å². The number of nitrogens with one attached hydrogen (secondary N) is 1. The van der Waals surface area contributed by atoms with E-state index in [1.807, 2.05) is 48.1 Å². The molecule has 4 nitrogen and oxygen atoms in total. The van der Waals surface area contributed by atoms with Gasteiger partial charge in [0.1, 0.15) is 11.9 Å². The minimum atomic E-state index is -0.368. The van der Waals surface area contributed by atoms with E-state index in [0.717, 1.165) is 17.0 Å². The molecule has 1 heterocycles. The summed E-state index contributed by atoms with van der Waals surface area (Å²) in [5, 5.41) is 4.27. The number of rotatable bonds is 5. The summed E-state index contributed by atoms with van der Waals surface area (Å²) in [5.74, 6) is 0.617. The number of hydrogen-bond acceptors (Lipinski definition) is 2. The summed E-state index contributed by atoms with van der Waals surface area (Å²) in [6.45, 7) is 0. The molecule has 1 atom stereocenters. The van der Waals surface area contributed by atoms with Crippen molar-refractivity contribution in [2.45, 2.75) is 12.5 Å². The van der Waals surface area contributed by atoms with Gasteiger partial charge in [0.25, 0.3) is 0 Å². The number of hydrogen-bond donors (Lipinski definition) is 1. The van der Waals surface area contributed by atoms with Crippen LogP contribution in [0.15, 0.2) is 60.9 Å². The summed E-state index contributed by atoms with van der Waals surface area (Å²) >= 11 is 12.1. The van der Waals surface area contributed by atoms with E-state index in [1.165, 1.54) is 0 Å². The summed E-state index contributed by atoms with van der Waals surface area (Å²) in [5.41, 5.74) is 1.70. The Bertz CT molecular complexity index is 874. The van der Waals surface area contributed by atoms with Gasteiger partial charge in [0.15, 0.2) is 0 Å². The number of imidazole rings is 1. The zero-order valence-electron chi connectivity index (χ0n) is 13.6. The molecule has 1 unspecified atom stereocenters. The van der Waals surface area contributed by atoms with Gasteiger partial charge in [-0.15, -0.1) is 0 Å². The molecule has 0 bridgehead atoms. The van der Waals surface area contributed by atoms with Gasteiger partial charge in [0.05, 0.1) is 6.42 Å². The summed E-state index contributed by atoms with van der Waals surface area (Å²) in [7, 11) is 1.89. The Hall–Kier alpha value is -2.30. The Kier molecular flexibility index (Phi) is 5.41. The van der Waals surface area contributed by atoms with Crippen molar-refractivity contribution in [3.8, 4) is 0 Å². The van der Waals surface area contributed by atoms with Crippen LogP contribution in [0.4, 0.5) is 0 Å². The third kappa shape index (κ3) is 4.21. The van der Waals surface area contributed by atoms with Crippen LogP contribution < -0.4 is 5.32 Å². The predicted octanol–water partition coefficient (Wildman–Crippen LogP) is 4.18. The standard InChI is InChI=1S/C19H17Cl2N3O/c1-24-11-10-22-19(24)18(13-6-8-15(20)9-7-13)23-17(25)12-14-4-2-3-5-16(14)21/h2-11,18H,12H2,1H3,(H,23,25). The lowest BCUT2D eigenvalue weighted by atomic mass is 10.1. The van der Waals surface area contributed by atoms with Gasteiger partial charge in [-0.25, -0.2) is 4.98 Å². The number of benzene rings is 2. The first-order chi connectivity index (χ1) is 12.0. The highest BCUT2D eigenvalue weighted by Gasteiger charge is 2.21. The third-order valence-corrected chi connectivity index (χ3v) is 4.55. The highest BCUT2D eigenvalue weighted by Crippen LogP contribution is 2.23. The minimum Gasteiger partial charge on any atom is -0.342 e. The van der Waals surface area contributed by atoms with Crippen LogP contribution in [-0.2, 0) is 18.3 Å². The van der Waals surface area contributed by atoms with Crippen LogP contribution in [0.1, 0.15) is 23.0 Å². The summed E-state index contributed by atoms with van der Waals surface area (Å²) in [6, 6.07) is 14.3. The minimum absolute atomic E-state index is 0.129. The largest absolute Gasteiger partial charge is 0.342 e. The number of halogens is 2. The van der Waals surface area contributed by atoms with Crippen LogP contribution in [0.5, 0.6) is 0 Å². The number of aromatic nitrogens is 2. The van der Waals surface area contributed by atoms with Crippen LogP contribution in [0.3, 0.4) is 0 Å². The van der Waals surface area contributed by atoms with Crippen molar-refractivity contribution in [3.05, 3.63) is 87.9 Å². The fourth-order valence-corrected chi connectivity index (χ4v) is 2.96. The van der Waals surface area contributed by atoms with Crippen LogP contribution in [0.25, 0.3) is 0 Å². The van der Waals surface area contributed by atoms with Crippen molar-refractivity contribution in [3.63, 3.8) is 0 Å². The Balaban J connectivity index is 1.85. The molecule has 1 amide bonds. The molecular formula is C19H17Cl2N3O. The highest BCUT2D eigenvalue weighted by molar-refractivity contribution is 6.31. The second kappa shape index (κ2) is 7.72. The molecule has 0 saturated heterocycles. The normalized spacial score (nSPS) is 12.0. The van der Waals surface area contributed by atoms with Crippen molar-refractivity contribution < 1.29 is 4.79 Å². The Morgan fingerprint density at radius 2 is 1.88 bits per heavy atom. The Morgan fingerprint density at radius 1 is 1.16 bits per heavy atom. The first kappa shape index (κ1) is 17.5. The Morgan fingerprint density at radius 3 is 2.52 bits per heavy atom. The molecule has 0 radical (unpaired) electrons. The second-order valence-corrected chi connectivity index (χ2v) is 6.56. The molecule has 0 aliphatic heterocycles. The molecule has 0 aliphatic carbocycles. The van der Waals surface area contributed by atoms with E-state index in [4.69, 9.17) is 23.2 Å². The monoisotopic (exact) mass is 373 g/mol. The molecule has 3 rings (SSSR count). The number of nitrogens with zero attached hydrogens (tertiary/aromatic N) is 2. The summed E-state index contributed by atoms with van der Waals surface area (Å²) < 4.78 is 1.88. The maximum absolute atomic E-state index is 12.6. The van der Waals surface area contributed by atoms with E-state index in [-0.39, 0.29) is 18.4 Å². The topological polar surface area (TPSA) is 46.9 Å². The maximum atomic E-state index is 12.6. The van der Waals surface area contributed by atoms with Gasteiger partial charge in [0.2, 0.25) is 5.91 Å². The second-order valence-electron chi connectivity index (χ2n) is 5.72. The van der Waals surface area contributed by atoms with Gasteiger partial charge in [-0.3, -0.25) is 4.79 Å². The van der Waals surface area contributed by atoms with E-state index in [1.54, 1.807) is 24.4 Å². The van der Waals surface area contributed by atoms with Crippen LogP contribution in [-0.4, -0.2) is 15.5 Å².